The summed E-state index contributed by atoms with van der Waals surface area (Å²) in [6.45, 7) is 9.57. The van der Waals surface area contributed by atoms with Gasteiger partial charge in [-0.1, -0.05) is 37.0 Å². The van der Waals surface area contributed by atoms with Gasteiger partial charge in [0, 0.05) is 23.7 Å². The third-order valence-corrected chi connectivity index (χ3v) is 5.23. The average molecular weight is 315 g/mol. The summed E-state index contributed by atoms with van der Waals surface area (Å²) >= 11 is 12.7. The van der Waals surface area contributed by atoms with E-state index < -0.39 is 0 Å². The monoisotopic (exact) mass is 314 g/mol. The molecule has 1 saturated heterocycles. The highest BCUT2D eigenvalue weighted by Crippen LogP contribution is 2.34. The van der Waals surface area contributed by atoms with Crippen molar-refractivity contribution in [2.75, 3.05) is 24.5 Å². The highest BCUT2D eigenvalue weighted by atomic mass is 35.5. The molecular weight excluding hydrogens is 291 g/mol. The maximum Gasteiger partial charge on any atom is 0.0643 e. The Balaban J connectivity index is 2.33. The van der Waals surface area contributed by atoms with Gasteiger partial charge in [-0.3, -0.25) is 0 Å². The molecule has 0 amide bonds. The Bertz CT molecular complexity index is 470. The second kappa shape index (κ2) is 6.55. The fourth-order valence-corrected chi connectivity index (χ4v) is 3.43. The quantitative estimate of drug-likeness (QED) is 0.872. The van der Waals surface area contributed by atoms with Crippen LogP contribution in [0.3, 0.4) is 0 Å². The molecule has 0 saturated carbocycles. The molecule has 0 aliphatic carbocycles. The molecule has 1 aromatic rings. The first kappa shape index (κ1) is 15.9. The number of hydrogen-bond donors (Lipinski definition) is 1. The van der Waals surface area contributed by atoms with Gasteiger partial charge in [0.2, 0.25) is 0 Å². The number of anilines is 1. The summed E-state index contributed by atoms with van der Waals surface area (Å²) in [6.07, 6.45) is 3.37. The van der Waals surface area contributed by atoms with E-state index in [1.807, 2.05) is 19.1 Å². The zero-order valence-corrected chi connectivity index (χ0v) is 14.1. The zero-order valence-electron chi connectivity index (χ0n) is 12.6. The smallest absolute Gasteiger partial charge is 0.0643 e. The predicted octanol–water partition coefficient (Wildman–Crippen LogP) is 4.66. The lowest BCUT2D eigenvalue weighted by atomic mass is 9.92. The molecule has 1 heterocycles. The molecule has 1 aromatic carbocycles. The van der Waals surface area contributed by atoms with Crippen LogP contribution in [0.4, 0.5) is 5.69 Å². The first-order valence-electron chi connectivity index (χ1n) is 7.47. The fraction of sp³-hybridized carbons (Fsp3) is 0.625. The number of hydrogen-bond acceptors (Lipinski definition) is 2. The largest absolute Gasteiger partial charge is 0.368 e. The van der Waals surface area contributed by atoms with E-state index in [9.17, 15) is 0 Å². The van der Waals surface area contributed by atoms with Gasteiger partial charge in [0.05, 0.1) is 10.7 Å². The highest BCUT2D eigenvalue weighted by Gasteiger charge is 2.31. The minimum Gasteiger partial charge on any atom is -0.368 e. The first-order valence-corrected chi connectivity index (χ1v) is 8.22. The Morgan fingerprint density at radius 3 is 2.55 bits per heavy atom. The molecule has 0 atom stereocenters. The zero-order chi connectivity index (χ0) is 14.8. The van der Waals surface area contributed by atoms with E-state index in [0.717, 1.165) is 60.2 Å². The Morgan fingerprint density at radius 1 is 1.20 bits per heavy atom. The molecule has 2 rings (SSSR count). The summed E-state index contributed by atoms with van der Waals surface area (Å²) < 4.78 is 0. The van der Waals surface area contributed by atoms with Crippen molar-refractivity contribution in [1.29, 1.82) is 0 Å². The summed E-state index contributed by atoms with van der Waals surface area (Å²) in [5, 5.41) is 5.31. The highest BCUT2D eigenvalue weighted by molar-refractivity contribution is 6.35. The van der Waals surface area contributed by atoms with Crippen LogP contribution in [-0.2, 0) is 0 Å². The van der Waals surface area contributed by atoms with Gasteiger partial charge < -0.3 is 10.2 Å². The van der Waals surface area contributed by atoms with Gasteiger partial charge in [0.15, 0.2) is 0 Å². The minimum absolute atomic E-state index is 0.178. The fourth-order valence-electron chi connectivity index (χ4n) is 2.93. The molecule has 0 unspecified atom stereocenters. The number of aryl methyl sites for hydroxylation is 1. The minimum atomic E-state index is 0.178. The molecule has 0 spiro atoms. The molecule has 1 aliphatic heterocycles. The molecule has 0 bridgehead atoms. The van der Waals surface area contributed by atoms with Crippen molar-refractivity contribution in [3.8, 4) is 0 Å². The summed E-state index contributed by atoms with van der Waals surface area (Å²) in [4.78, 5) is 2.39. The Morgan fingerprint density at radius 2 is 1.90 bits per heavy atom. The first-order chi connectivity index (χ1) is 9.51. The van der Waals surface area contributed by atoms with Gasteiger partial charge in [0.1, 0.15) is 0 Å². The molecule has 1 aliphatic rings. The number of halogens is 2. The van der Waals surface area contributed by atoms with Crippen molar-refractivity contribution < 1.29 is 0 Å². The summed E-state index contributed by atoms with van der Waals surface area (Å²) in [7, 11) is 0. The van der Waals surface area contributed by atoms with Crippen LogP contribution >= 0.6 is 23.2 Å². The normalized spacial score (nSPS) is 18.9. The summed E-state index contributed by atoms with van der Waals surface area (Å²) in [5.74, 6) is 0. The van der Waals surface area contributed by atoms with Crippen molar-refractivity contribution in [1.82, 2.24) is 5.32 Å². The SMILES string of the molecule is CCC1(CC)CN(c2cc(Cl)c(C)cc2Cl)CCCN1. The topological polar surface area (TPSA) is 15.3 Å². The van der Waals surface area contributed by atoms with Crippen LogP contribution in [0.5, 0.6) is 0 Å². The van der Waals surface area contributed by atoms with Crippen molar-refractivity contribution in [3.63, 3.8) is 0 Å². The second-order valence-corrected chi connectivity index (χ2v) is 6.56. The third kappa shape index (κ3) is 3.24. The lowest BCUT2D eigenvalue weighted by molar-refractivity contribution is 0.321. The van der Waals surface area contributed by atoms with Gasteiger partial charge in [-0.25, -0.2) is 0 Å². The van der Waals surface area contributed by atoms with Gasteiger partial charge >= 0.3 is 0 Å². The van der Waals surface area contributed by atoms with E-state index in [2.05, 4.69) is 24.1 Å². The molecule has 0 aromatic heterocycles. The van der Waals surface area contributed by atoms with Gasteiger partial charge in [-0.05, 0) is 50.4 Å². The third-order valence-electron chi connectivity index (χ3n) is 4.52. The lowest BCUT2D eigenvalue weighted by Gasteiger charge is -2.36. The Kier molecular flexibility index (Phi) is 5.22. The molecule has 112 valence electrons. The van der Waals surface area contributed by atoms with E-state index in [-0.39, 0.29) is 5.54 Å². The maximum atomic E-state index is 6.45. The van der Waals surface area contributed by atoms with Crippen molar-refractivity contribution in [3.05, 3.63) is 27.7 Å². The van der Waals surface area contributed by atoms with Gasteiger partial charge in [-0.2, -0.15) is 0 Å². The molecule has 20 heavy (non-hydrogen) atoms. The van der Waals surface area contributed by atoms with E-state index in [0.29, 0.717) is 0 Å². The van der Waals surface area contributed by atoms with Crippen molar-refractivity contribution in [2.24, 2.45) is 0 Å². The maximum absolute atomic E-state index is 6.45. The van der Waals surface area contributed by atoms with Crippen LogP contribution in [0.15, 0.2) is 12.1 Å². The van der Waals surface area contributed by atoms with Crippen LogP contribution in [0.25, 0.3) is 0 Å². The van der Waals surface area contributed by atoms with Crippen LogP contribution in [0.1, 0.15) is 38.7 Å². The molecule has 4 heteroatoms. The van der Waals surface area contributed by atoms with Crippen LogP contribution in [0, 0.1) is 6.92 Å². The van der Waals surface area contributed by atoms with Crippen LogP contribution < -0.4 is 10.2 Å². The molecule has 0 radical (unpaired) electrons. The van der Waals surface area contributed by atoms with E-state index >= 15 is 0 Å². The predicted molar refractivity (Wildman–Crippen MR) is 89.3 cm³/mol. The van der Waals surface area contributed by atoms with E-state index in [4.69, 9.17) is 23.2 Å². The van der Waals surface area contributed by atoms with E-state index in [1.165, 1.54) is 0 Å². The van der Waals surface area contributed by atoms with E-state index in [1.54, 1.807) is 0 Å². The Labute approximate surface area is 132 Å². The number of benzene rings is 1. The van der Waals surface area contributed by atoms with Gasteiger partial charge in [-0.15, -0.1) is 0 Å². The number of nitrogens with one attached hydrogen (secondary N) is 1. The number of nitrogens with zero attached hydrogens (tertiary/aromatic N) is 1. The molecular formula is C16H24Cl2N2. The molecule has 1 N–H and O–H groups in total. The van der Waals surface area contributed by atoms with Crippen LogP contribution in [0.2, 0.25) is 10.0 Å². The van der Waals surface area contributed by atoms with Crippen LogP contribution in [-0.4, -0.2) is 25.2 Å². The second-order valence-electron chi connectivity index (χ2n) is 5.74. The molecule has 2 nitrogen and oxygen atoms in total. The standard InChI is InChI=1S/C16H24Cl2N2/c1-4-16(5-2)11-20(8-6-7-19-16)15-10-13(17)12(3)9-14(15)18/h9-10,19H,4-8,11H2,1-3H3. The van der Waals surface area contributed by atoms with Crippen molar-refractivity contribution in [2.45, 2.75) is 45.6 Å². The van der Waals surface area contributed by atoms with Crippen molar-refractivity contribution >= 4 is 28.9 Å². The molecule has 1 fully saturated rings. The summed E-state index contributed by atoms with van der Waals surface area (Å²) in [6, 6.07) is 3.98. The average Bonchev–Trinajstić information content (AvgIpc) is 2.66. The Hall–Kier alpha value is -0.440. The lowest BCUT2D eigenvalue weighted by Crippen LogP contribution is -2.50. The number of rotatable bonds is 3. The summed E-state index contributed by atoms with van der Waals surface area (Å²) in [5.41, 5.74) is 2.28. The van der Waals surface area contributed by atoms with Gasteiger partial charge in [0.25, 0.3) is 0 Å².